The van der Waals surface area contributed by atoms with Crippen LogP contribution in [0.15, 0.2) is 41.8 Å². The Balaban J connectivity index is 0.00000261. The number of thiophene rings is 1. The van der Waals surface area contributed by atoms with Gasteiger partial charge in [-0.3, -0.25) is 9.69 Å². The molecule has 0 aliphatic heterocycles. The molecule has 2 aromatic heterocycles. The highest BCUT2D eigenvalue weighted by atomic mass is 35.5. The van der Waals surface area contributed by atoms with Gasteiger partial charge in [0.15, 0.2) is 5.13 Å². The number of amides is 1. The van der Waals surface area contributed by atoms with Crippen LogP contribution in [0.25, 0.3) is 16.3 Å². The van der Waals surface area contributed by atoms with Gasteiger partial charge in [0.1, 0.15) is 11.3 Å². The standard InChI is InChI=1S/C19H20FN3OS2.ClH/c1-22(2)11-5-12-23(17(24)10-9-14-6-4-13-25-14)19-21-18-15(20)7-3-8-16(18)26-19;/h3-4,6-10,13H,5,11-12H2,1-2H3;1H. The molecule has 0 fully saturated rings. The van der Waals surface area contributed by atoms with Crippen LogP contribution in [0.1, 0.15) is 11.3 Å². The van der Waals surface area contributed by atoms with Gasteiger partial charge in [0.25, 0.3) is 5.91 Å². The van der Waals surface area contributed by atoms with Gasteiger partial charge in [0, 0.05) is 17.5 Å². The van der Waals surface area contributed by atoms with E-state index in [4.69, 9.17) is 0 Å². The van der Waals surface area contributed by atoms with E-state index >= 15 is 0 Å². The van der Waals surface area contributed by atoms with Crippen LogP contribution >= 0.6 is 35.1 Å². The first-order valence-corrected chi connectivity index (χ1v) is 9.97. The van der Waals surface area contributed by atoms with E-state index in [0.717, 1.165) is 22.5 Å². The molecule has 0 spiro atoms. The van der Waals surface area contributed by atoms with Gasteiger partial charge in [-0.2, -0.15) is 0 Å². The number of fused-ring (bicyclic) bond motifs is 1. The van der Waals surface area contributed by atoms with Crippen molar-refractivity contribution in [1.82, 2.24) is 9.88 Å². The van der Waals surface area contributed by atoms with Crippen molar-refractivity contribution in [2.45, 2.75) is 6.42 Å². The van der Waals surface area contributed by atoms with E-state index in [2.05, 4.69) is 9.88 Å². The third-order valence-corrected chi connectivity index (χ3v) is 5.66. The number of halogens is 2. The summed E-state index contributed by atoms with van der Waals surface area (Å²) in [6.45, 7) is 1.39. The van der Waals surface area contributed by atoms with E-state index in [9.17, 15) is 9.18 Å². The van der Waals surface area contributed by atoms with Gasteiger partial charge in [-0.25, -0.2) is 9.37 Å². The molecule has 0 bridgehead atoms. The number of benzene rings is 1. The zero-order chi connectivity index (χ0) is 18.5. The molecule has 0 saturated heterocycles. The minimum atomic E-state index is -0.361. The van der Waals surface area contributed by atoms with Gasteiger partial charge in [-0.1, -0.05) is 23.5 Å². The van der Waals surface area contributed by atoms with Gasteiger partial charge >= 0.3 is 0 Å². The quantitative estimate of drug-likeness (QED) is 0.504. The van der Waals surface area contributed by atoms with Crippen LogP contribution < -0.4 is 4.90 Å². The first kappa shape index (κ1) is 21.5. The molecule has 0 aliphatic rings. The number of para-hydroxylation sites is 1. The average Bonchev–Trinajstić information content (AvgIpc) is 3.26. The summed E-state index contributed by atoms with van der Waals surface area (Å²) in [4.78, 5) is 21.9. The van der Waals surface area contributed by atoms with E-state index in [0.29, 0.717) is 17.2 Å². The van der Waals surface area contributed by atoms with Crippen LogP contribution in [0.3, 0.4) is 0 Å². The fourth-order valence-corrected chi connectivity index (χ4v) is 4.12. The lowest BCUT2D eigenvalue weighted by Crippen LogP contribution is -2.32. The summed E-state index contributed by atoms with van der Waals surface area (Å²) in [6, 6.07) is 8.77. The minimum absolute atomic E-state index is 0. The summed E-state index contributed by atoms with van der Waals surface area (Å²) in [5.74, 6) is -0.503. The maximum atomic E-state index is 14.0. The van der Waals surface area contributed by atoms with Crippen LogP contribution in [0.4, 0.5) is 9.52 Å². The molecule has 3 aromatic rings. The second-order valence-electron chi connectivity index (χ2n) is 6.08. The maximum absolute atomic E-state index is 14.0. The van der Waals surface area contributed by atoms with Crippen molar-refractivity contribution >= 4 is 62.4 Å². The van der Waals surface area contributed by atoms with Crippen molar-refractivity contribution in [3.05, 3.63) is 52.5 Å². The van der Waals surface area contributed by atoms with Crippen LogP contribution in [0.2, 0.25) is 0 Å². The number of aromatic nitrogens is 1. The molecule has 27 heavy (non-hydrogen) atoms. The average molecular weight is 426 g/mol. The van der Waals surface area contributed by atoms with Gasteiger partial charge in [-0.05, 0) is 56.7 Å². The van der Waals surface area contributed by atoms with Gasteiger partial charge in [0.05, 0.1) is 4.70 Å². The highest BCUT2D eigenvalue weighted by molar-refractivity contribution is 7.22. The number of rotatable bonds is 7. The summed E-state index contributed by atoms with van der Waals surface area (Å²) in [5.41, 5.74) is 0.320. The van der Waals surface area contributed by atoms with Crippen molar-refractivity contribution in [3.8, 4) is 0 Å². The molecule has 1 aromatic carbocycles. The van der Waals surface area contributed by atoms with Crippen molar-refractivity contribution in [2.24, 2.45) is 0 Å². The SMILES string of the molecule is CN(C)CCCN(C(=O)C=Cc1cccs1)c1nc2c(F)cccc2s1.Cl. The molecule has 0 unspecified atom stereocenters. The number of anilines is 1. The maximum Gasteiger partial charge on any atom is 0.252 e. The molecular weight excluding hydrogens is 405 g/mol. The molecule has 0 aliphatic carbocycles. The van der Waals surface area contributed by atoms with E-state index in [1.807, 2.05) is 37.7 Å². The monoisotopic (exact) mass is 425 g/mol. The first-order valence-electron chi connectivity index (χ1n) is 8.27. The number of carbonyl (C=O) groups is 1. The molecular formula is C19H21ClFN3OS2. The number of nitrogens with zero attached hydrogens (tertiary/aromatic N) is 3. The van der Waals surface area contributed by atoms with E-state index in [-0.39, 0.29) is 24.1 Å². The lowest BCUT2D eigenvalue weighted by molar-refractivity contribution is -0.114. The third kappa shape index (κ3) is 5.59. The first-order chi connectivity index (χ1) is 12.5. The Morgan fingerprint density at radius 1 is 1.22 bits per heavy atom. The fraction of sp³-hybridized carbons (Fsp3) is 0.263. The van der Waals surface area contributed by atoms with Crippen molar-refractivity contribution in [1.29, 1.82) is 0 Å². The smallest absolute Gasteiger partial charge is 0.252 e. The van der Waals surface area contributed by atoms with Crippen molar-refractivity contribution < 1.29 is 9.18 Å². The van der Waals surface area contributed by atoms with E-state index in [1.54, 1.807) is 34.5 Å². The zero-order valence-corrected chi connectivity index (χ0v) is 17.5. The minimum Gasteiger partial charge on any atom is -0.309 e. The second-order valence-corrected chi connectivity index (χ2v) is 8.07. The molecule has 1 amide bonds. The topological polar surface area (TPSA) is 36.4 Å². The number of hydrogen-bond donors (Lipinski definition) is 0. The van der Waals surface area contributed by atoms with Crippen LogP contribution in [0.5, 0.6) is 0 Å². The normalized spacial score (nSPS) is 11.3. The molecule has 4 nitrogen and oxygen atoms in total. The van der Waals surface area contributed by atoms with E-state index < -0.39 is 0 Å². The number of hydrogen-bond acceptors (Lipinski definition) is 5. The molecule has 0 radical (unpaired) electrons. The third-order valence-electron chi connectivity index (χ3n) is 3.78. The van der Waals surface area contributed by atoms with Crippen LogP contribution in [-0.4, -0.2) is 43.0 Å². The Kier molecular flexibility index (Phi) is 7.91. The Labute approximate surface area is 172 Å². The molecule has 3 rings (SSSR count). The molecule has 0 saturated carbocycles. The second kappa shape index (κ2) is 9.94. The Morgan fingerprint density at radius 3 is 2.70 bits per heavy atom. The highest BCUT2D eigenvalue weighted by Gasteiger charge is 2.19. The van der Waals surface area contributed by atoms with Crippen molar-refractivity contribution in [3.63, 3.8) is 0 Å². The van der Waals surface area contributed by atoms with Gasteiger partial charge in [-0.15, -0.1) is 23.7 Å². The lowest BCUT2D eigenvalue weighted by Gasteiger charge is -2.19. The fourth-order valence-electron chi connectivity index (χ4n) is 2.49. The Bertz CT molecular complexity index is 909. The molecule has 0 atom stereocenters. The predicted octanol–water partition coefficient (Wildman–Crippen LogP) is 4.92. The Morgan fingerprint density at radius 2 is 2.04 bits per heavy atom. The summed E-state index contributed by atoms with van der Waals surface area (Å²) < 4.78 is 14.7. The summed E-state index contributed by atoms with van der Waals surface area (Å²) >= 11 is 2.91. The van der Waals surface area contributed by atoms with Gasteiger partial charge < -0.3 is 4.90 Å². The zero-order valence-electron chi connectivity index (χ0n) is 15.1. The lowest BCUT2D eigenvalue weighted by atomic mass is 10.3. The number of thiazole rings is 1. The van der Waals surface area contributed by atoms with Gasteiger partial charge in [0.2, 0.25) is 0 Å². The van der Waals surface area contributed by atoms with E-state index in [1.165, 1.54) is 17.4 Å². The summed E-state index contributed by atoms with van der Waals surface area (Å²) in [5, 5.41) is 2.50. The summed E-state index contributed by atoms with van der Waals surface area (Å²) in [6.07, 6.45) is 4.17. The molecule has 8 heteroatoms. The predicted molar refractivity (Wildman–Crippen MR) is 116 cm³/mol. The number of carbonyl (C=O) groups excluding carboxylic acids is 1. The largest absolute Gasteiger partial charge is 0.309 e. The molecule has 0 N–H and O–H groups in total. The molecule has 2 heterocycles. The highest BCUT2D eigenvalue weighted by Crippen LogP contribution is 2.30. The molecule has 144 valence electrons. The van der Waals surface area contributed by atoms with Crippen LogP contribution in [0, 0.1) is 5.82 Å². The van der Waals surface area contributed by atoms with Crippen molar-refractivity contribution in [2.75, 3.05) is 32.1 Å². The summed E-state index contributed by atoms with van der Waals surface area (Å²) in [7, 11) is 3.99. The Hall–Kier alpha value is -1.80. The van der Waals surface area contributed by atoms with Crippen LogP contribution in [-0.2, 0) is 4.79 Å².